The first-order valence-electron chi connectivity index (χ1n) is 9.46. The van der Waals surface area contributed by atoms with Crippen molar-refractivity contribution in [3.63, 3.8) is 0 Å². The smallest absolute Gasteiger partial charge is 0.165 e. The van der Waals surface area contributed by atoms with Gasteiger partial charge in [0.1, 0.15) is 5.69 Å². The predicted octanol–water partition coefficient (Wildman–Crippen LogP) is 3.30. The largest absolute Gasteiger partial charge is 0.595 e. The summed E-state index contributed by atoms with van der Waals surface area (Å²) in [6.07, 6.45) is -0.339. The number of aliphatic hydroxyl groups is 1. The SMILES string of the molecule is CCN(CCN(C)CC(C)O)c1ccc(N=Nc2ccc([NH+]([O-])O)cc2Cl)cc1. The zero-order chi connectivity index (χ0) is 21.4. The highest BCUT2D eigenvalue weighted by atomic mass is 35.5. The number of anilines is 1. The van der Waals surface area contributed by atoms with Gasteiger partial charge in [-0.25, -0.2) is 5.21 Å². The molecule has 2 aromatic carbocycles. The quantitative estimate of drug-likeness (QED) is 0.404. The molecule has 0 aromatic heterocycles. The summed E-state index contributed by atoms with van der Waals surface area (Å²) in [5.74, 6) is 0. The molecule has 3 N–H and O–H groups in total. The molecule has 29 heavy (non-hydrogen) atoms. The van der Waals surface area contributed by atoms with Crippen LogP contribution in [0.15, 0.2) is 52.7 Å². The molecule has 0 saturated heterocycles. The van der Waals surface area contributed by atoms with Crippen LogP contribution in [0.5, 0.6) is 0 Å². The fourth-order valence-electron chi connectivity index (χ4n) is 2.87. The van der Waals surface area contributed by atoms with Gasteiger partial charge in [-0.3, -0.25) is 0 Å². The number of hydrogen-bond donors (Lipinski definition) is 3. The van der Waals surface area contributed by atoms with E-state index in [1.807, 2.05) is 31.3 Å². The number of quaternary nitrogens is 1. The summed E-state index contributed by atoms with van der Waals surface area (Å²) in [6, 6.07) is 12.1. The predicted molar refractivity (Wildman–Crippen MR) is 115 cm³/mol. The second-order valence-electron chi connectivity index (χ2n) is 6.88. The van der Waals surface area contributed by atoms with Gasteiger partial charge in [-0.2, -0.15) is 10.3 Å². The fourth-order valence-corrected chi connectivity index (χ4v) is 3.08. The van der Waals surface area contributed by atoms with Crippen LogP contribution >= 0.6 is 11.6 Å². The Balaban J connectivity index is 2.00. The molecule has 0 bridgehead atoms. The van der Waals surface area contributed by atoms with Crippen LogP contribution in [0.3, 0.4) is 0 Å². The van der Waals surface area contributed by atoms with Gasteiger partial charge in [0.2, 0.25) is 0 Å². The molecule has 0 aliphatic carbocycles. The second-order valence-corrected chi connectivity index (χ2v) is 7.29. The Labute approximate surface area is 176 Å². The zero-order valence-corrected chi connectivity index (χ0v) is 17.7. The Bertz CT molecular complexity index is 799. The number of rotatable bonds is 10. The Morgan fingerprint density at radius 3 is 2.38 bits per heavy atom. The third kappa shape index (κ3) is 7.36. The molecule has 0 aliphatic heterocycles. The van der Waals surface area contributed by atoms with Gasteiger partial charge in [0, 0.05) is 44.0 Å². The molecule has 2 atom stereocenters. The highest BCUT2D eigenvalue weighted by Crippen LogP contribution is 2.29. The number of hydrogen-bond acceptors (Lipinski definition) is 7. The molecule has 0 radical (unpaired) electrons. The van der Waals surface area contributed by atoms with Gasteiger partial charge in [0.05, 0.1) is 16.8 Å². The molecule has 2 aromatic rings. The lowest BCUT2D eigenvalue weighted by Crippen LogP contribution is -2.99. The van der Waals surface area contributed by atoms with E-state index in [4.69, 9.17) is 16.8 Å². The van der Waals surface area contributed by atoms with E-state index in [-0.39, 0.29) is 16.8 Å². The summed E-state index contributed by atoms with van der Waals surface area (Å²) in [7, 11) is 2.00. The van der Waals surface area contributed by atoms with Crippen molar-refractivity contribution in [3.8, 4) is 0 Å². The number of nitrogens with one attached hydrogen (secondary N) is 1. The van der Waals surface area contributed by atoms with E-state index in [1.54, 1.807) is 6.92 Å². The van der Waals surface area contributed by atoms with E-state index in [2.05, 4.69) is 27.0 Å². The van der Waals surface area contributed by atoms with Gasteiger partial charge in [-0.15, -0.1) is 5.11 Å². The highest BCUT2D eigenvalue weighted by molar-refractivity contribution is 6.33. The fraction of sp³-hybridized carbons (Fsp3) is 0.400. The Hall–Kier alpha value is -2.07. The van der Waals surface area contributed by atoms with Crippen molar-refractivity contribution < 1.29 is 15.5 Å². The normalized spacial score (nSPS) is 13.8. The summed E-state index contributed by atoms with van der Waals surface area (Å²) >= 11 is 6.07. The van der Waals surface area contributed by atoms with Gasteiger partial charge < -0.3 is 20.1 Å². The second kappa shape index (κ2) is 11.2. The van der Waals surface area contributed by atoms with Gasteiger partial charge in [0.15, 0.2) is 5.69 Å². The Morgan fingerprint density at radius 2 is 1.83 bits per heavy atom. The molecule has 0 saturated carbocycles. The zero-order valence-electron chi connectivity index (χ0n) is 16.9. The summed E-state index contributed by atoms with van der Waals surface area (Å²) < 4.78 is 0. The number of azo groups is 1. The number of aliphatic hydroxyl groups excluding tert-OH is 1. The number of benzene rings is 2. The van der Waals surface area contributed by atoms with E-state index in [1.165, 1.54) is 18.2 Å². The van der Waals surface area contributed by atoms with Gasteiger partial charge in [-0.1, -0.05) is 11.6 Å². The van der Waals surface area contributed by atoms with Gasteiger partial charge in [-0.05, 0) is 51.2 Å². The summed E-state index contributed by atoms with van der Waals surface area (Å²) in [6.45, 7) is 7.11. The molecule has 0 fully saturated rings. The summed E-state index contributed by atoms with van der Waals surface area (Å²) in [5, 5.41) is 36.9. The van der Waals surface area contributed by atoms with Crippen LogP contribution in [0.2, 0.25) is 5.02 Å². The van der Waals surface area contributed by atoms with Crippen molar-refractivity contribution in [2.75, 3.05) is 38.1 Å². The van der Waals surface area contributed by atoms with Crippen molar-refractivity contribution in [2.45, 2.75) is 20.0 Å². The Kier molecular flexibility index (Phi) is 8.97. The molecular formula is C20H28ClN5O3. The van der Waals surface area contributed by atoms with Gasteiger partial charge >= 0.3 is 0 Å². The number of nitrogens with zero attached hydrogens (tertiary/aromatic N) is 4. The minimum atomic E-state index is -1.04. The third-order valence-corrected chi connectivity index (χ3v) is 4.69. The number of likely N-dealkylation sites (N-methyl/N-ethyl adjacent to an activating group) is 2. The topological polar surface area (TPSA) is 99.2 Å². The van der Waals surface area contributed by atoms with Crippen LogP contribution < -0.4 is 10.1 Å². The number of halogens is 1. The van der Waals surface area contributed by atoms with Crippen molar-refractivity contribution in [3.05, 3.63) is 52.7 Å². The van der Waals surface area contributed by atoms with Crippen LogP contribution in [0.1, 0.15) is 13.8 Å². The molecule has 158 valence electrons. The standard InChI is InChI=1S/C20H28ClN5O3/c1-4-25(12-11-24(3)14-15(2)27)17-7-5-16(6-8-17)22-23-20-10-9-18(26(28)29)13-19(20)21/h5-10,13,15,26-28H,4,11-12,14H2,1-3H3. The lowest BCUT2D eigenvalue weighted by molar-refractivity contribution is -0.991. The molecule has 9 heteroatoms. The maximum atomic E-state index is 11.0. The van der Waals surface area contributed by atoms with Crippen molar-refractivity contribution in [1.29, 1.82) is 0 Å². The first-order chi connectivity index (χ1) is 13.8. The van der Waals surface area contributed by atoms with Crippen LogP contribution in [0.25, 0.3) is 0 Å². The van der Waals surface area contributed by atoms with Crippen LogP contribution in [-0.2, 0) is 0 Å². The first-order valence-corrected chi connectivity index (χ1v) is 9.84. The average molecular weight is 422 g/mol. The molecule has 2 rings (SSSR count). The lowest BCUT2D eigenvalue weighted by atomic mass is 10.2. The first kappa shape index (κ1) is 23.2. The molecule has 0 heterocycles. The third-order valence-electron chi connectivity index (χ3n) is 4.39. The average Bonchev–Trinajstić information content (AvgIpc) is 2.67. The van der Waals surface area contributed by atoms with E-state index in [9.17, 15) is 10.3 Å². The minimum absolute atomic E-state index is 0.108. The lowest BCUT2D eigenvalue weighted by Gasteiger charge is -2.26. The molecule has 2 unspecified atom stereocenters. The minimum Gasteiger partial charge on any atom is -0.595 e. The van der Waals surface area contributed by atoms with Crippen molar-refractivity contribution in [1.82, 2.24) is 4.90 Å². The maximum Gasteiger partial charge on any atom is 0.165 e. The van der Waals surface area contributed by atoms with Gasteiger partial charge in [0.25, 0.3) is 0 Å². The summed E-state index contributed by atoms with van der Waals surface area (Å²) in [5.41, 5.74) is 2.28. The van der Waals surface area contributed by atoms with E-state index >= 15 is 0 Å². The molecule has 0 spiro atoms. The van der Waals surface area contributed by atoms with Crippen LogP contribution in [0.4, 0.5) is 22.7 Å². The Morgan fingerprint density at radius 1 is 1.14 bits per heavy atom. The van der Waals surface area contributed by atoms with E-state index < -0.39 is 5.23 Å². The van der Waals surface area contributed by atoms with Crippen molar-refractivity contribution >= 4 is 34.4 Å². The molecule has 8 nitrogen and oxygen atoms in total. The summed E-state index contributed by atoms with van der Waals surface area (Å²) in [4.78, 5) is 4.36. The van der Waals surface area contributed by atoms with Crippen molar-refractivity contribution in [2.24, 2.45) is 10.2 Å². The molecule has 0 aliphatic rings. The van der Waals surface area contributed by atoms with E-state index in [0.29, 0.717) is 17.9 Å². The molecular weight excluding hydrogens is 394 g/mol. The van der Waals surface area contributed by atoms with E-state index in [0.717, 1.165) is 25.3 Å². The monoisotopic (exact) mass is 421 g/mol. The maximum absolute atomic E-state index is 11.0. The molecule has 0 amide bonds. The van der Waals surface area contributed by atoms with Crippen LogP contribution in [-0.4, -0.2) is 54.5 Å². The van der Waals surface area contributed by atoms with Crippen LogP contribution in [0, 0.1) is 5.21 Å². The highest BCUT2D eigenvalue weighted by Gasteiger charge is 2.08.